The minimum atomic E-state index is -1.36. The molecule has 122 valence electrons. The van der Waals surface area contributed by atoms with Gasteiger partial charge in [-0.05, 0) is 33.7 Å². The Bertz CT molecular complexity index is 1160. The van der Waals surface area contributed by atoms with Crippen molar-refractivity contribution >= 4 is 45.4 Å². The highest BCUT2D eigenvalue weighted by molar-refractivity contribution is 6.25. The summed E-state index contributed by atoms with van der Waals surface area (Å²) >= 11 is 0. The summed E-state index contributed by atoms with van der Waals surface area (Å²) in [5.41, 5.74) is -0.373. The van der Waals surface area contributed by atoms with E-state index in [9.17, 15) is 29.4 Å². The van der Waals surface area contributed by atoms with Crippen LogP contribution in [0.25, 0.3) is 21.5 Å². The largest absolute Gasteiger partial charge is 0.478 e. The fourth-order valence-corrected chi connectivity index (χ4v) is 3.21. The zero-order valence-electron chi connectivity index (χ0n) is 12.4. The molecule has 7 nitrogen and oxygen atoms in total. The lowest BCUT2D eigenvalue weighted by atomic mass is 9.92. The molecule has 0 amide bonds. The van der Waals surface area contributed by atoms with Crippen molar-refractivity contribution in [2.45, 2.75) is 0 Å². The number of carbonyl (C=O) groups is 4. The summed E-state index contributed by atoms with van der Waals surface area (Å²) in [5.74, 6) is -4.19. The smallest absolute Gasteiger partial charge is 0.347 e. The van der Waals surface area contributed by atoms with Crippen LogP contribution in [-0.2, 0) is 4.74 Å². The number of hydrogen-bond acceptors (Lipinski definition) is 5. The summed E-state index contributed by atoms with van der Waals surface area (Å²) in [5, 5.41) is 20.3. The molecule has 0 unspecified atom stereocenters. The van der Waals surface area contributed by atoms with E-state index in [0.717, 1.165) is 0 Å². The van der Waals surface area contributed by atoms with Crippen LogP contribution >= 0.6 is 0 Å². The summed E-state index contributed by atoms with van der Waals surface area (Å²) < 4.78 is 4.61. The van der Waals surface area contributed by atoms with Crippen LogP contribution in [0.1, 0.15) is 41.4 Å². The van der Waals surface area contributed by atoms with Crippen molar-refractivity contribution in [1.29, 1.82) is 0 Å². The van der Waals surface area contributed by atoms with Crippen LogP contribution in [0.2, 0.25) is 0 Å². The SMILES string of the molecule is O=C(O)c1ccc2c(ccc3c4c(ccc32)C(=O)OC4=O)c1C(=O)O. The van der Waals surface area contributed by atoms with Gasteiger partial charge in [0.2, 0.25) is 0 Å². The van der Waals surface area contributed by atoms with Crippen LogP contribution in [0.3, 0.4) is 0 Å². The van der Waals surface area contributed by atoms with Crippen molar-refractivity contribution in [3.63, 3.8) is 0 Å². The second kappa shape index (κ2) is 4.88. The Morgan fingerprint density at radius 2 is 1.32 bits per heavy atom. The Balaban J connectivity index is 2.17. The second-order valence-electron chi connectivity index (χ2n) is 5.52. The fraction of sp³-hybridized carbons (Fsp3) is 0. The Morgan fingerprint density at radius 1 is 0.720 bits per heavy atom. The molecule has 25 heavy (non-hydrogen) atoms. The molecule has 3 aromatic carbocycles. The lowest BCUT2D eigenvalue weighted by molar-refractivity contribution is 0.0443. The first-order chi connectivity index (χ1) is 11.9. The molecule has 1 aliphatic heterocycles. The van der Waals surface area contributed by atoms with Crippen LogP contribution in [-0.4, -0.2) is 34.1 Å². The molecule has 1 aliphatic rings. The second-order valence-corrected chi connectivity index (χ2v) is 5.52. The Hall–Kier alpha value is -3.74. The summed E-state index contributed by atoms with van der Waals surface area (Å²) in [4.78, 5) is 46.5. The highest BCUT2D eigenvalue weighted by atomic mass is 16.6. The van der Waals surface area contributed by atoms with Gasteiger partial charge in [0.1, 0.15) is 0 Å². The third kappa shape index (κ3) is 1.92. The maximum atomic E-state index is 11.9. The first kappa shape index (κ1) is 14.8. The number of carbonyl (C=O) groups excluding carboxylic acids is 2. The average molecular weight is 336 g/mol. The molecule has 0 bridgehead atoms. The van der Waals surface area contributed by atoms with Crippen molar-refractivity contribution in [1.82, 2.24) is 0 Å². The minimum Gasteiger partial charge on any atom is -0.478 e. The molecule has 4 rings (SSSR count). The monoisotopic (exact) mass is 336 g/mol. The lowest BCUT2D eigenvalue weighted by Gasteiger charge is -2.10. The summed E-state index contributed by atoms with van der Waals surface area (Å²) in [7, 11) is 0. The van der Waals surface area contributed by atoms with E-state index < -0.39 is 23.9 Å². The van der Waals surface area contributed by atoms with Crippen LogP contribution in [0.5, 0.6) is 0 Å². The number of carboxylic acid groups (broad SMARTS) is 2. The van der Waals surface area contributed by atoms with Gasteiger partial charge in [0.05, 0.1) is 22.3 Å². The van der Waals surface area contributed by atoms with E-state index >= 15 is 0 Å². The van der Waals surface area contributed by atoms with E-state index in [0.29, 0.717) is 16.2 Å². The summed E-state index contributed by atoms with van der Waals surface area (Å²) in [6.45, 7) is 0. The summed E-state index contributed by atoms with van der Waals surface area (Å²) in [6.07, 6.45) is 0. The predicted octanol–water partition coefficient (Wildman–Crippen LogP) is 2.70. The molecular formula is C18H8O7. The van der Waals surface area contributed by atoms with E-state index in [1.54, 1.807) is 6.07 Å². The van der Waals surface area contributed by atoms with Gasteiger partial charge >= 0.3 is 23.9 Å². The maximum Gasteiger partial charge on any atom is 0.347 e. The van der Waals surface area contributed by atoms with E-state index in [4.69, 9.17) is 0 Å². The third-order valence-electron chi connectivity index (χ3n) is 4.25. The van der Waals surface area contributed by atoms with Crippen molar-refractivity contribution in [3.8, 4) is 0 Å². The highest BCUT2D eigenvalue weighted by Crippen LogP contribution is 2.35. The van der Waals surface area contributed by atoms with Gasteiger partial charge in [-0.15, -0.1) is 0 Å². The number of carboxylic acids is 2. The lowest BCUT2D eigenvalue weighted by Crippen LogP contribution is -2.08. The molecule has 0 saturated heterocycles. The topological polar surface area (TPSA) is 118 Å². The van der Waals surface area contributed by atoms with Crippen LogP contribution in [0.15, 0.2) is 36.4 Å². The molecule has 2 N–H and O–H groups in total. The summed E-state index contributed by atoms with van der Waals surface area (Å²) in [6, 6.07) is 8.66. The molecule has 0 aliphatic carbocycles. The molecule has 0 aromatic heterocycles. The molecular weight excluding hydrogens is 328 g/mol. The van der Waals surface area contributed by atoms with Crippen molar-refractivity contribution in [3.05, 3.63) is 58.7 Å². The molecule has 3 aromatic rings. The molecule has 0 spiro atoms. The number of benzene rings is 3. The minimum absolute atomic E-state index is 0.128. The van der Waals surface area contributed by atoms with Gasteiger partial charge < -0.3 is 14.9 Å². The van der Waals surface area contributed by atoms with Gasteiger partial charge in [-0.2, -0.15) is 0 Å². The number of aromatic carboxylic acids is 2. The number of hydrogen-bond donors (Lipinski definition) is 2. The van der Waals surface area contributed by atoms with E-state index in [-0.39, 0.29) is 27.6 Å². The van der Waals surface area contributed by atoms with Gasteiger partial charge in [0.15, 0.2) is 0 Å². The van der Waals surface area contributed by atoms with Gasteiger partial charge in [0, 0.05) is 0 Å². The van der Waals surface area contributed by atoms with Crippen LogP contribution in [0, 0.1) is 0 Å². The van der Waals surface area contributed by atoms with Crippen molar-refractivity contribution in [2.24, 2.45) is 0 Å². The van der Waals surface area contributed by atoms with E-state index in [1.807, 2.05) is 0 Å². The third-order valence-corrected chi connectivity index (χ3v) is 4.25. The van der Waals surface area contributed by atoms with Gasteiger partial charge in [-0.1, -0.05) is 24.3 Å². The molecule has 0 saturated carbocycles. The zero-order chi connectivity index (χ0) is 17.9. The fourth-order valence-electron chi connectivity index (χ4n) is 3.21. The van der Waals surface area contributed by atoms with Gasteiger partial charge in [0.25, 0.3) is 0 Å². The van der Waals surface area contributed by atoms with Crippen molar-refractivity contribution in [2.75, 3.05) is 0 Å². The van der Waals surface area contributed by atoms with Gasteiger partial charge in [-0.25, -0.2) is 19.2 Å². The van der Waals surface area contributed by atoms with Crippen LogP contribution < -0.4 is 0 Å². The molecule has 7 heteroatoms. The average Bonchev–Trinajstić information content (AvgIpc) is 2.87. The number of cyclic esters (lactones) is 2. The highest BCUT2D eigenvalue weighted by Gasteiger charge is 2.32. The Kier molecular flexibility index (Phi) is 2.89. The van der Waals surface area contributed by atoms with Crippen LogP contribution in [0.4, 0.5) is 0 Å². The molecule has 1 heterocycles. The maximum absolute atomic E-state index is 11.9. The Labute approximate surface area is 139 Å². The van der Waals surface area contributed by atoms with Gasteiger partial charge in [-0.3, -0.25) is 0 Å². The molecule has 0 radical (unpaired) electrons. The molecule has 0 atom stereocenters. The van der Waals surface area contributed by atoms with E-state index in [1.165, 1.54) is 30.3 Å². The first-order valence-electron chi connectivity index (χ1n) is 7.15. The quantitative estimate of drug-likeness (QED) is 0.419. The number of fused-ring (bicyclic) bond motifs is 5. The standard InChI is InChI=1S/C18H8O7/c19-15(20)11-5-1-7-8-2-6-12-14(18(24)25-17(12)23)10(8)4-3-9(7)13(11)16(21)22/h1-6H,(H,19,20)(H,21,22). The number of esters is 2. The number of rotatable bonds is 2. The van der Waals surface area contributed by atoms with E-state index in [2.05, 4.69) is 4.74 Å². The predicted molar refractivity (Wildman–Crippen MR) is 85.1 cm³/mol. The number of ether oxygens (including phenoxy) is 1. The van der Waals surface area contributed by atoms with Crippen molar-refractivity contribution < 1.29 is 34.1 Å². The Morgan fingerprint density at radius 3 is 2.00 bits per heavy atom. The normalized spacial score (nSPS) is 13.1. The molecule has 0 fully saturated rings. The zero-order valence-corrected chi connectivity index (χ0v) is 12.4. The first-order valence-corrected chi connectivity index (χ1v) is 7.15.